The average molecular weight is 253 g/mol. The van der Waals surface area contributed by atoms with Crippen molar-refractivity contribution in [3.05, 3.63) is 51.4 Å². The minimum Gasteiger partial charge on any atom is -0.312 e. The SMILES string of the molecule is Clc1csc(CNCCc2cccnc2)c1. The van der Waals surface area contributed by atoms with Crippen molar-refractivity contribution < 1.29 is 0 Å². The number of rotatable bonds is 5. The van der Waals surface area contributed by atoms with Crippen molar-refractivity contribution in [3.63, 3.8) is 0 Å². The number of hydrogen-bond donors (Lipinski definition) is 1. The van der Waals surface area contributed by atoms with E-state index >= 15 is 0 Å². The number of nitrogens with zero attached hydrogens (tertiary/aromatic N) is 1. The minimum atomic E-state index is 0.828. The zero-order chi connectivity index (χ0) is 11.2. The van der Waals surface area contributed by atoms with Crippen molar-refractivity contribution >= 4 is 22.9 Å². The van der Waals surface area contributed by atoms with Gasteiger partial charge in [0.15, 0.2) is 0 Å². The van der Waals surface area contributed by atoms with Gasteiger partial charge in [0.25, 0.3) is 0 Å². The molecular formula is C12H13ClN2S. The molecule has 2 rings (SSSR count). The van der Waals surface area contributed by atoms with Gasteiger partial charge < -0.3 is 5.32 Å². The molecule has 1 N–H and O–H groups in total. The second kappa shape index (κ2) is 5.99. The summed E-state index contributed by atoms with van der Waals surface area (Å²) < 4.78 is 0. The van der Waals surface area contributed by atoms with Crippen molar-refractivity contribution in [2.75, 3.05) is 6.54 Å². The molecule has 4 heteroatoms. The number of halogens is 1. The monoisotopic (exact) mass is 252 g/mol. The molecule has 2 aromatic rings. The van der Waals surface area contributed by atoms with Crippen LogP contribution in [0.2, 0.25) is 5.02 Å². The van der Waals surface area contributed by atoms with Crippen LogP contribution in [0.3, 0.4) is 0 Å². The lowest BCUT2D eigenvalue weighted by Crippen LogP contribution is -2.15. The van der Waals surface area contributed by atoms with Gasteiger partial charge >= 0.3 is 0 Å². The Morgan fingerprint density at radius 2 is 2.38 bits per heavy atom. The van der Waals surface area contributed by atoms with Gasteiger partial charge in [-0.1, -0.05) is 17.7 Å². The Morgan fingerprint density at radius 3 is 3.06 bits per heavy atom. The van der Waals surface area contributed by atoms with Gasteiger partial charge in [-0.3, -0.25) is 4.98 Å². The van der Waals surface area contributed by atoms with E-state index in [1.807, 2.05) is 23.7 Å². The molecular weight excluding hydrogens is 240 g/mol. The van der Waals surface area contributed by atoms with Gasteiger partial charge in [0, 0.05) is 29.2 Å². The summed E-state index contributed by atoms with van der Waals surface area (Å²) in [4.78, 5) is 5.36. The van der Waals surface area contributed by atoms with E-state index in [1.165, 1.54) is 10.4 Å². The van der Waals surface area contributed by atoms with Gasteiger partial charge in [-0.2, -0.15) is 0 Å². The molecule has 16 heavy (non-hydrogen) atoms. The summed E-state index contributed by atoms with van der Waals surface area (Å²) >= 11 is 7.53. The highest BCUT2D eigenvalue weighted by atomic mass is 35.5. The van der Waals surface area contributed by atoms with E-state index < -0.39 is 0 Å². The lowest BCUT2D eigenvalue weighted by atomic mass is 10.2. The van der Waals surface area contributed by atoms with Crippen LogP contribution in [0.25, 0.3) is 0 Å². The molecule has 0 unspecified atom stereocenters. The average Bonchev–Trinajstić information content (AvgIpc) is 2.72. The van der Waals surface area contributed by atoms with Gasteiger partial charge in [0.2, 0.25) is 0 Å². The van der Waals surface area contributed by atoms with Gasteiger partial charge in [0.1, 0.15) is 0 Å². The van der Waals surface area contributed by atoms with Crippen LogP contribution in [0.15, 0.2) is 36.0 Å². The van der Waals surface area contributed by atoms with Crippen molar-refractivity contribution in [3.8, 4) is 0 Å². The Kier molecular flexibility index (Phi) is 4.34. The van der Waals surface area contributed by atoms with Crippen molar-refractivity contribution in [2.24, 2.45) is 0 Å². The summed E-state index contributed by atoms with van der Waals surface area (Å²) in [6.45, 7) is 1.85. The predicted molar refractivity (Wildman–Crippen MR) is 69.0 cm³/mol. The fourth-order valence-electron chi connectivity index (χ4n) is 1.44. The number of aromatic nitrogens is 1. The summed E-state index contributed by atoms with van der Waals surface area (Å²) in [6.07, 6.45) is 4.71. The molecule has 0 amide bonds. The third kappa shape index (κ3) is 3.59. The maximum Gasteiger partial charge on any atom is 0.0516 e. The quantitative estimate of drug-likeness (QED) is 0.827. The third-order valence-corrected chi connectivity index (χ3v) is 3.52. The van der Waals surface area contributed by atoms with Crippen LogP contribution in [-0.2, 0) is 13.0 Å². The van der Waals surface area contributed by atoms with E-state index in [2.05, 4.69) is 16.4 Å². The maximum absolute atomic E-state index is 5.84. The maximum atomic E-state index is 5.84. The van der Waals surface area contributed by atoms with Gasteiger partial charge in [0.05, 0.1) is 5.02 Å². The Morgan fingerprint density at radius 1 is 1.44 bits per heavy atom. The highest BCUT2D eigenvalue weighted by Gasteiger charge is 1.97. The molecule has 2 nitrogen and oxygen atoms in total. The minimum absolute atomic E-state index is 0.828. The summed E-state index contributed by atoms with van der Waals surface area (Å²) in [6, 6.07) is 6.06. The molecule has 2 aromatic heterocycles. The molecule has 0 radical (unpaired) electrons. The number of hydrogen-bond acceptors (Lipinski definition) is 3. The Hall–Kier alpha value is -0.900. The number of thiophene rings is 1. The van der Waals surface area contributed by atoms with E-state index in [0.29, 0.717) is 0 Å². The molecule has 0 aliphatic heterocycles. The van der Waals surface area contributed by atoms with Crippen LogP contribution in [0, 0.1) is 0 Å². The molecule has 0 atom stereocenters. The Labute approximate surface area is 104 Å². The molecule has 0 aromatic carbocycles. The first-order valence-corrected chi connectivity index (χ1v) is 6.43. The van der Waals surface area contributed by atoms with Crippen LogP contribution in [-0.4, -0.2) is 11.5 Å². The summed E-state index contributed by atoms with van der Waals surface area (Å²) in [5.41, 5.74) is 1.26. The van der Waals surface area contributed by atoms with Crippen LogP contribution in [0.1, 0.15) is 10.4 Å². The standard InChI is InChI=1S/C12H13ClN2S/c13-11-6-12(16-9-11)8-15-5-3-10-2-1-4-14-7-10/h1-2,4,6-7,9,15H,3,5,8H2. The normalized spacial score (nSPS) is 10.6. The van der Waals surface area contributed by atoms with E-state index in [0.717, 1.165) is 24.5 Å². The lowest BCUT2D eigenvalue weighted by molar-refractivity contribution is 0.692. The van der Waals surface area contributed by atoms with Gasteiger partial charge in [-0.05, 0) is 30.7 Å². The smallest absolute Gasteiger partial charge is 0.0516 e. The molecule has 0 fully saturated rings. The van der Waals surface area contributed by atoms with Crippen LogP contribution < -0.4 is 5.32 Å². The van der Waals surface area contributed by atoms with Crippen molar-refractivity contribution in [1.29, 1.82) is 0 Å². The molecule has 0 saturated heterocycles. The molecule has 0 saturated carbocycles. The van der Waals surface area contributed by atoms with Crippen molar-refractivity contribution in [2.45, 2.75) is 13.0 Å². The topological polar surface area (TPSA) is 24.9 Å². The fraction of sp³-hybridized carbons (Fsp3) is 0.250. The predicted octanol–water partition coefficient (Wildman–Crippen LogP) is 3.13. The molecule has 0 spiro atoms. The number of nitrogens with one attached hydrogen (secondary N) is 1. The lowest BCUT2D eigenvalue weighted by Gasteiger charge is -2.02. The molecule has 0 aliphatic carbocycles. The summed E-state index contributed by atoms with van der Waals surface area (Å²) in [5, 5.41) is 6.17. The molecule has 0 aliphatic rings. The van der Waals surface area contributed by atoms with Crippen LogP contribution in [0.4, 0.5) is 0 Å². The van der Waals surface area contributed by atoms with Crippen LogP contribution >= 0.6 is 22.9 Å². The zero-order valence-corrected chi connectivity index (χ0v) is 10.4. The van der Waals surface area contributed by atoms with E-state index in [9.17, 15) is 0 Å². The molecule has 2 heterocycles. The van der Waals surface area contributed by atoms with Gasteiger partial charge in [-0.25, -0.2) is 0 Å². The first-order valence-electron chi connectivity index (χ1n) is 5.17. The first kappa shape index (κ1) is 11.6. The largest absolute Gasteiger partial charge is 0.312 e. The van der Waals surface area contributed by atoms with E-state index in [1.54, 1.807) is 17.5 Å². The first-order chi connectivity index (χ1) is 7.84. The summed E-state index contributed by atoms with van der Waals surface area (Å²) in [5.74, 6) is 0. The zero-order valence-electron chi connectivity index (χ0n) is 8.82. The molecule has 0 bridgehead atoms. The summed E-state index contributed by atoms with van der Waals surface area (Å²) in [7, 11) is 0. The third-order valence-electron chi connectivity index (χ3n) is 2.23. The van der Waals surface area contributed by atoms with E-state index in [-0.39, 0.29) is 0 Å². The highest BCUT2D eigenvalue weighted by molar-refractivity contribution is 7.10. The number of pyridine rings is 1. The van der Waals surface area contributed by atoms with Crippen LogP contribution in [0.5, 0.6) is 0 Å². The Balaban J connectivity index is 1.69. The van der Waals surface area contributed by atoms with E-state index in [4.69, 9.17) is 11.6 Å². The highest BCUT2D eigenvalue weighted by Crippen LogP contribution is 2.18. The second-order valence-electron chi connectivity index (χ2n) is 3.52. The van der Waals surface area contributed by atoms with Gasteiger partial charge in [-0.15, -0.1) is 11.3 Å². The second-order valence-corrected chi connectivity index (χ2v) is 4.95. The molecule has 84 valence electrons. The Bertz CT molecular complexity index is 428. The fourth-order valence-corrected chi connectivity index (χ4v) is 2.48. The van der Waals surface area contributed by atoms with Crippen molar-refractivity contribution in [1.82, 2.24) is 10.3 Å².